The van der Waals surface area contributed by atoms with Crippen LogP contribution in [-0.4, -0.2) is 70.0 Å². The van der Waals surface area contributed by atoms with Crippen molar-refractivity contribution in [2.24, 2.45) is 0 Å². The maximum absolute atomic E-state index is 12.8. The summed E-state index contributed by atoms with van der Waals surface area (Å²) >= 11 is 0. The van der Waals surface area contributed by atoms with E-state index in [-0.39, 0.29) is 26.1 Å². The van der Waals surface area contributed by atoms with Gasteiger partial charge in [0.1, 0.15) is 19.8 Å². The first-order valence-electron chi connectivity index (χ1n) is 32.8. The summed E-state index contributed by atoms with van der Waals surface area (Å²) < 4.78 is 34.2. The first-order valence-corrected chi connectivity index (χ1v) is 34.3. The highest BCUT2D eigenvalue weighted by Crippen LogP contribution is 2.38. The van der Waals surface area contributed by atoms with E-state index >= 15 is 0 Å². The minimum atomic E-state index is -4.66. The fourth-order valence-corrected chi connectivity index (χ4v) is 8.99. The topological polar surface area (TPSA) is 111 Å². The number of quaternary nitrogens is 1. The van der Waals surface area contributed by atoms with Gasteiger partial charge in [0.25, 0.3) is 7.82 Å². The lowest BCUT2D eigenvalue weighted by Gasteiger charge is -2.28. The number of rotatable bonds is 58. The molecule has 0 bridgehead atoms. The van der Waals surface area contributed by atoms with Crippen molar-refractivity contribution in [3.8, 4) is 0 Å². The summed E-state index contributed by atoms with van der Waals surface area (Å²) in [5, 5.41) is 0. The number of hydrogen-bond donors (Lipinski definition) is 0. The molecule has 0 aromatic rings. The molecule has 0 saturated heterocycles. The first-order chi connectivity index (χ1) is 41.0. The van der Waals surface area contributed by atoms with Gasteiger partial charge in [0, 0.05) is 12.8 Å². The molecule has 0 fully saturated rings. The van der Waals surface area contributed by atoms with Crippen molar-refractivity contribution in [2.75, 3.05) is 47.5 Å². The van der Waals surface area contributed by atoms with Crippen LogP contribution in [0, 0.1) is 0 Å². The molecule has 0 heterocycles. The molecule has 2 atom stereocenters. The molecule has 0 saturated carbocycles. The second kappa shape index (κ2) is 62.9. The molecule has 0 radical (unpaired) electrons. The summed E-state index contributed by atoms with van der Waals surface area (Å²) in [6, 6.07) is 0. The van der Waals surface area contributed by atoms with Crippen LogP contribution < -0.4 is 4.89 Å². The predicted molar refractivity (Wildman–Crippen MR) is 360 cm³/mol. The highest BCUT2D eigenvalue weighted by atomic mass is 31.2. The Hall–Kier alpha value is -4.63. The Morgan fingerprint density at radius 1 is 0.369 bits per heavy atom. The third-order valence-electron chi connectivity index (χ3n) is 13.2. The van der Waals surface area contributed by atoms with Gasteiger partial charge in [0.05, 0.1) is 27.7 Å². The van der Waals surface area contributed by atoms with Crippen LogP contribution in [0.3, 0.4) is 0 Å². The summed E-state index contributed by atoms with van der Waals surface area (Å²) in [7, 11) is 1.13. The normalized spacial score (nSPS) is 14.3. The molecule has 0 aliphatic carbocycles. The van der Waals surface area contributed by atoms with Crippen LogP contribution in [0.4, 0.5) is 0 Å². The van der Waals surface area contributed by atoms with Gasteiger partial charge >= 0.3 is 11.9 Å². The van der Waals surface area contributed by atoms with E-state index in [0.29, 0.717) is 23.9 Å². The fourth-order valence-electron chi connectivity index (χ4n) is 8.26. The zero-order valence-electron chi connectivity index (χ0n) is 53.8. The molecule has 2 unspecified atom stereocenters. The number of esters is 2. The second-order valence-electron chi connectivity index (χ2n) is 22.4. The number of likely N-dealkylation sites (N-methyl/N-ethyl adjacent to an activating group) is 1. The van der Waals surface area contributed by atoms with Crippen LogP contribution in [0.1, 0.15) is 232 Å². The number of phosphoric ester groups is 1. The molecular weight excluding hydrogens is 1060 g/mol. The van der Waals surface area contributed by atoms with Crippen LogP contribution >= 0.6 is 7.82 Å². The van der Waals surface area contributed by atoms with Crippen LogP contribution in [0.25, 0.3) is 0 Å². The van der Waals surface area contributed by atoms with E-state index in [1.807, 2.05) is 21.1 Å². The minimum Gasteiger partial charge on any atom is -0.756 e. The molecule has 0 spiro atoms. The summed E-state index contributed by atoms with van der Waals surface area (Å²) in [5.41, 5.74) is 0. The zero-order valence-corrected chi connectivity index (χ0v) is 54.7. The van der Waals surface area contributed by atoms with Crippen molar-refractivity contribution in [2.45, 2.75) is 238 Å². The SMILES string of the molecule is CC/C=C\C/C=C\C/C=C\C/C=C\C/C=C\C/C=C\C/C=C\C/C=C\C/C=C\CCCCCCCCCCCCCCCC(=O)OC(COC(=O)CCCCC/C=C\C/C=C\C/C=C\C/C=C\C/C=C\CC)COP(=O)([O-])OCC[N+](C)(C)C. The number of carbonyl (C=O) groups excluding carboxylic acids is 2. The van der Waals surface area contributed by atoms with E-state index in [2.05, 4.69) is 184 Å². The van der Waals surface area contributed by atoms with Crippen LogP contribution in [0.5, 0.6) is 0 Å². The molecule has 0 aromatic heterocycles. The van der Waals surface area contributed by atoms with Gasteiger partial charge < -0.3 is 27.9 Å². The highest BCUT2D eigenvalue weighted by Gasteiger charge is 2.22. The van der Waals surface area contributed by atoms with E-state index in [0.717, 1.165) is 128 Å². The molecule has 0 amide bonds. The van der Waals surface area contributed by atoms with Crippen molar-refractivity contribution < 1.29 is 42.1 Å². The summed E-state index contributed by atoms with van der Waals surface area (Å²) in [6.07, 6.45) is 95.7. The predicted octanol–water partition coefficient (Wildman–Crippen LogP) is 20.7. The number of nitrogens with zero attached hydrogens (tertiary/aromatic N) is 1. The van der Waals surface area contributed by atoms with Gasteiger partial charge in [-0.25, -0.2) is 0 Å². The molecule has 0 aliphatic heterocycles. The van der Waals surface area contributed by atoms with Gasteiger partial charge in [-0.3, -0.25) is 14.2 Å². The zero-order chi connectivity index (χ0) is 61.2. The molecule has 0 rings (SSSR count). The monoisotopic (exact) mass is 1180 g/mol. The Kier molecular flexibility index (Phi) is 59.4. The number of ether oxygens (including phenoxy) is 2. The Labute approximate surface area is 515 Å². The quantitative estimate of drug-likeness (QED) is 0.0195. The summed E-state index contributed by atoms with van der Waals surface area (Å²) in [6.45, 7) is 3.95. The molecule has 474 valence electrons. The average Bonchev–Trinajstić information content (AvgIpc) is 3.61. The molecule has 0 N–H and O–H groups in total. The molecule has 10 heteroatoms. The van der Waals surface area contributed by atoms with Crippen molar-refractivity contribution in [3.63, 3.8) is 0 Å². The standard InChI is InChI=1S/C74H120NO8P/c1-6-8-10-12-14-16-18-20-22-24-26-27-28-29-30-31-32-33-34-35-36-37-38-39-40-41-42-43-44-45-46-47-49-51-53-55-57-59-61-63-65-67-74(77)83-72(71-82-84(78,79)81-69-68-75(3,4)5)70-80-73(76)66-64-62-60-58-56-54-52-50-48-25-23-21-19-17-15-13-11-9-7-2/h8-11,14-17,20-23,26-27,29-30,32-33,35-36,38-39,41-42,48,50,54,56,72H,6-7,12-13,18-19,24-25,28,31,34,37,40,43-47,49,51-53,55,57-71H2,1-5H3/b10-8-,11-9-,16-14-,17-15-,22-20-,23-21-,27-26-,30-29-,33-32-,36-35-,39-38-,42-41-,50-48-,56-54-. The highest BCUT2D eigenvalue weighted by molar-refractivity contribution is 7.45. The third kappa shape index (κ3) is 66.5. The Balaban J connectivity index is 4.10. The van der Waals surface area contributed by atoms with Gasteiger partial charge in [0.15, 0.2) is 6.10 Å². The lowest BCUT2D eigenvalue weighted by atomic mass is 10.0. The van der Waals surface area contributed by atoms with E-state index in [1.165, 1.54) is 64.2 Å². The van der Waals surface area contributed by atoms with Gasteiger partial charge in [-0.05, 0) is 128 Å². The third-order valence-corrected chi connectivity index (χ3v) is 14.2. The number of unbranched alkanes of at least 4 members (excludes halogenated alkanes) is 16. The summed E-state index contributed by atoms with van der Waals surface area (Å²) in [5.74, 6) is -0.882. The number of hydrogen-bond acceptors (Lipinski definition) is 8. The van der Waals surface area contributed by atoms with Crippen LogP contribution in [0.2, 0.25) is 0 Å². The van der Waals surface area contributed by atoms with Crippen molar-refractivity contribution in [3.05, 3.63) is 170 Å². The number of phosphoric acid groups is 1. The van der Waals surface area contributed by atoms with Crippen molar-refractivity contribution >= 4 is 19.8 Å². The molecular formula is C74H120NO8P. The molecule has 0 aliphatic rings. The fraction of sp³-hybridized carbons (Fsp3) is 0.595. The van der Waals surface area contributed by atoms with Crippen LogP contribution in [-0.2, 0) is 32.7 Å². The lowest BCUT2D eigenvalue weighted by Crippen LogP contribution is -2.37. The van der Waals surface area contributed by atoms with Gasteiger partial charge in [-0.1, -0.05) is 261 Å². The molecule has 84 heavy (non-hydrogen) atoms. The Morgan fingerprint density at radius 2 is 0.643 bits per heavy atom. The molecule has 9 nitrogen and oxygen atoms in total. The largest absolute Gasteiger partial charge is 0.756 e. The van der Waals surface area contributed by atoms with E-state index < -0.39 is 32.5 Å². The average molecular weight is 1180 g/mol. The van der Waals surface area contributed by atoms with Crippen molar-refractivity contribution in [1.82, 2.24) is 0 Å². The lowest BCUT2D eigenvalue weighted by molar-refractivity contribution is -0.870. The van der Waals surface area contributed by atoms with E-state index in [9.17, 15) is 19.0 Å². The minimum absolute atomic E-state index is 0.0449. The Morgan fingerprint density at radius 3 is 0.964 bits per heavy atom. The summed E-state index contributed by atoms with van der Waals surface area (Å²) in [4.78, 5) is 37.9. The maximum Gasteiger partial charge on any atom is 0.306 e. The number of allylic oxidation sites excluding steroid dienone is 28. The van der Waals surface area contributed by atoms with E-state index in [1.54, 1.807) is 0 Å². The van der Waals surface area contributed by atoms with Crippen LogP contribution in [0.15, 0.2) is 170 Å². The van der Waals surface area contributed by atoms with Crippen molar-refractivity contribution in [1.29, 1.82) is 0 Å². The van der Waals surface area contributed by atoms with E-state index in [4.69, 9.17) is 18.5 Å². The number of carbonyl (C=O) groups is 2. The van der Waals surface area contributed by atoms with Gasteiger partial charge in [-0.2, -0.15) is 0 Å². The maximum atomic E-state index is 12.8. The Bertz CT molecular complexity index is 2020. The van der Waals surface area contributed by atoms with Gasteiger partial charge in [-0.15, -0.1) is 0 Å². The first kappa shape index (κ1) is 79.4. The smallest absolute Gasteiger partial charge is 0.306 e. The second-order valence-corrected chi connectivity index (χ2v) is 23.8. The molecule has 0 aromatic carbocycles. The van der Waals surface area contributed by atoms with Gasteiger partial charge in [0.2, 0.25) is 0 Å².